The molecule has 3 heteroatoms. The molecule has 0 aliphatic rings. The van der Waals surface area contributed by atoms with Crippen LogP contribution in [0.15, 0.2) is 73.1 Å². The molecule has 0 saturated heterocycles. The summed E-state index contributed by atoms with van der Waals surface area (Å²) in [7, 11) is 0. The van der Waals surface area contributed by atoms with E-state index in [1.54, 1.807) is 0 Å². The average Bonchev–Trinajstić information content (AvgIpc) is 2.67. The number of aromatic nitrogens is 2. The Morgan fingerprint density at radius 1 is 0.517 bits per heavy atom. The van der Waals surface area contributed by atoms with E-state index in [2.05, 4.69) is 61.9 Å². The summed E-state index contributed by atoms with van der Waals surface area (Å²) in [5.74, 6) is 1.61. The standard InChI is InChI=1S/C26H24N2O/c1-17-5-7-27-25(13-17)21-9-19(3)11-23(15-21)29-24-12-20(4)10-22(16-24)26-14-18(2)6-8-28-26/h5-16H,1-4H3. The van der Waals surface area contributed by atoms with Crippen molar-refractivity contribution in [2.75, 3.05) is 0 Å². The van der Waals surface area contributed by atoms with Gasteiger partial charge in [-0.2, -0.15) is 0 Å². The first-order valence-electron chi connectivity index (χ1n) is 9.73. The molecule has 29 heavy (non-hydrogen) atoms. The van der Waals surface area contributed by atoms with Crippen LogP contribution in [-0.4, -0.2) is 9.97 Å². The normalized spacial score (nSPS) is 10.8. The zero-order valence-corrected chi connectivity index (χ0v) is 17.2. The summed E-state index contributed by atoms with van der Waals surface area (Å²) < 4.78 is 6.27. The van der Waals surface area contributed by atoms with Crippen LogP contribution in [0.5, 0.6) is 11.5 Å². The second-order valence-electron chi connectivity index (χ2n) is 7.61. The van der Waals surface area contributed by atoms with Crippen molar-refractivity contribution in [2.45, 2.75) is 27.7 Å². The molecule has 2 aromatic carbocycles. The van der Waals surface area contributed by atoms with Crippen LogP contribution < -0.4 is 4.74 Å². The van der Waals surface area contributed by atoms with Gasteiger partial charge in [-0.3, -0.25) is 9.97 Å². The van der Waals surface area contributed by atoms with E-state index in [4.69, 9.17) is 4.74 Å². The van der Waals surface area contributed by atoms with Crippen molar-refractivity contribution in [2.24, 2.45) is 0 Å². The lowest BCUT2D eigenvalue weighted by molar-refractivity contribution is 0.482. The maximum atomic E-state index is 6.27. The highest BCUT2D eigenvalue weighted by Gasteiger charge is 2.08. The van der Waals surface area contributed by atoms with Crippen molar-refractivity contribution in [3.8, 4) is 34.0 Å². The summed E-state index contributed by atoms with van der Waals surface area (Å²) in [6.07, 6.45) is 3.68. The molecule has 4 rings (SSSR count). The lowest BCUT2D eigenvalue weighted by Crippen LogP contribution is -1.91. The van der Waals surface area contributed by atoms with E-state index in [9.17, 15) is 0 Å². The fraction of sp³-hybridized carbons (Fsp3) is 0.154. The van der Waals surface area contributed by atoms with Gasteiger partial charge in [0.25, 0.3) is 0 Å². The molecule has 2 heterocycles. The van der Waals surface area contributed by atoms with Gasteiger partial charge in [0.15, 0.2) is 0 Å². The van der Waals surface area contributed by atoms with Gasteiger partial charge in [0.2, 0.25) is 0 Å². The van der Waals surface area contributed by atoms with Gasteiger partial charge in [-0.1, -0.05) is 0 Å². The van der Waals surface area contributed by atoms with Gasteiger partial charge >= 0.3 is 0 Å². The van der Waals surface area contributed by atoms with Crippen LogP contribution in [0, 0.1) is 27.7 Å². The van der Waals surface area contributed by atoms with Crippen molar-refractivity contribution in [3.63, 3.8) is 0 Å². The molecule has 3 nitrogen and oxygen atoms in total. The Hall–Kier alpha value is -3.46. The third-order valence-electron chi connectivity index (χ3n) is 4.76. The van der Waals surface area contributed by atoms with Gasteiger partial charge in [0, 0.05) is 23.5 Å². The molecule has 0 N–H and O–H groups in total. The predicted octanol–water partition coefficient (Wildman–Crippen LogP) is 6.84. The van der Waals surface area contributed by atoms with Gasteiger partial charge in [-0.25, -0.2) is 0 Å². The number of pyridine rings is 2. The third-order valence-corrected chi connectivity index (χ3v) is 4.76. The first-order chi connectivity index (χ1) is 14.0. The minimum absolute atomic E-state index is 0.803. The Kier molecular flexibility index (Phi) is 5.13. The predicted molar refractivity (Wildman–Crippen MR) is 118 cm³/mol. The molecule has 0 spiro atoms. The highest BCUT2D eigenvalue weighted by molar-refractivity contribution is 5.65. The monoisotopic (exact) mass is 380 g/mol. The van der Waals surface area contributed by atoms with Crippen LogP contribution in [0.4, 0.5) is 0 Å². The lowest BCUT2D eigenvalue weighted by Gasteiger charge is -2.12. The summed E-state index contributed by atoms with van der Waals surface area (Å²) in [4.78, 5) is 9.02. The number of hydrogen-bond donors (Lipinski definition) is 0. The smallest absolute Gasteiger partial charge is 0.128 e. The second kappa shape index (κ2) is 7.88. The Labute approximate surface area is 172 Å². The van der Waals surface area contributed by atoms with Crippen molar-refractivity contribution in [3.05, 3.63) is 95.3 Å². The SMILES string of the molecule is Cc1cc(Oc2cc(C)cc(-c3cc(C)ccn3)c2)cc(-c2cc(C)ccn2)c1. The van der Waals surface area contributed by atoms with E-state index in [1.165, 1.54) is 11.1 Å². The van der Waals surface area contributed by atoms with Gasteiger partial charge in [0.1, 0.15) is 11.5 Å². The molecule has 0 radical (unpaired) electrons. The van der Waals surface area contributed by atoms with Crippen LogP contribution in [0.1, 0.15) is 22.3 Å². The van der Waals surface area contributed by atoms with E-state index in [1.807, 2.05) is 48.8 Å². The summed E-state index contributed by atoms with van der Waals surface area (Å²) in [6, 6.07) is 20.6. The summed E-state index contributed by atoms with van der Waals surface area (Å²) in [6.45, 7) is 8.30. The van der Waals surface area contributed by atoms with Gasteiger partial charge in [-0.05, 0) is 111 Å². The summed E-state index contributed by atoms with van der Waals surface area (Å²) in [5.41, 5.74) is 8.65. The van der Waals surface area contributed by atoms with Gasteiger partial charge < -0.3 is 4.74 Å². The molecule has 0 bridgehead atoms. The zero-order valence-electron chi connectivity index (χ0n) is 17.2. The molecular formula is C26H24N2O. The molecule has 0 aliphatic carbocycles. The number of benzene rings is 2. The van der Waals surface area contributed by atoms with E-state index >= 15 is 0 Å². The van der Waals surface area contributed by atoms with Crippen LogP contribution in [0.3, 0.4) is 0 Å². The highest BCUT2D eigenvalue weighted by atomic mass is 16.5. The first-order valence-corrected chi connectivity index (χ1v) is 9.73. The number of rotatable bonds is 4. The molecule has 0 saturated carbocycles. The molecule has 0 fully saturated rings. The summed E-state index contributed by atoms with van der Waals surface area (Å²) in [5, 5.41) is 0. The maximum absolute atomic E-state index is 6.27. The Morgan fingerprint density at radius 2 is 0.966 bits per heavy atom. The van der Waals surface area contributed by atoms with Crippen LogP contribution in [0.25, 0.3) is 22.5 Å². The van der Waals surface area contributed by atoms with E-state index in [-0.39, 0.29) is 0 Å². The highest BCUT2D eigenvalue weighted by Crippen LogP contribution is 2.31. The number of aryl methyl sites for hydroxylation is 4. The largest absolute Gasteiger partial charge is 0.457 e. The Morgan fingerprint density at radius 3 is 1.38 bits per heavy atom. The van der Waals surface area contributed by atoms with E-state index < -0.39 is 0 Å². The van der Waals surface area contributed by atoms with Crippen LogP contribution >= 0.6 is 0 Å². The molecule has 4 aromatic rings. The number of ether oxygens (including phenoxy) is 1. The molecule has 0 aliphatic heterocycles. The Balaban J connectivity index is 1.69. The molecule has 0 atom stereocenters. The first kappa shape index (κ1) is 18.9. The van der Waals surface area contributed by atoms with Crippen LogP contribution in [-0.2, 0) is 0 Å². The molecule has 144 valence electrons. The molecular weight excluding hydrogens is 356 g/mol. The topological polar surface area (TPSA) is 35.0 Å². The van der Waals surface area contributed by atoms with Crippen molar-refractivity contribution in [1.82, 2.24) is 9.97 Å². The zero-order chi connectivity index (χ0) is 20.4. The van der Waals surface area contributed by atoms with Gasteiger partial charge in [-0.15, -0.1) is 0 Å². The number of nitrogens with zero attached hydrogens (tertiary/aromatic N) is 2. The molecule has 2 aromatic heterocycles. The van der Waals surface area contributed by atoms with E-state index in [0.717, 1.165) is 45.1 Å². The lowest BCUT2D eigenvalue weighted by atomic mass is 10.1. The number of hydrogen-bond acceptors (Lipinski definition) is 3. The van der Waals surface area contributed by atoms with Gasteiger partial charge in [0.05, 0.1) is 11.4 Å². The summed E-state index contributed by atoms with van der Waals surface area (Å²) >= 11 is 0. The fourth-order valence-electron chi connectivity index (χ4n) is 3.43. The minimum atomic E-state index is 0.803. The Bertz CT molecular complexity index is 1090. The van der Waals surface area contributed by atoms with Crippen molar-refractivity contribution >= 4 is 0 Å². The van der Waals surface area contributed by atoms with Crippen molar-refractivity contribution in [1.29, 1.82) is 0 Å². The van der Waals surface area contributed by atoms with Crippen LogP contribution in [0.2, 0.25) is 0 Å². The maximum Gasteiger partial charge on any atom is 0.128 e. The van der Waals surface area contributed by atoms with E-state index in [0.29, 0.717) is 0 Å². The minimum Gasteiger partial charge on any atom is -0.457 e. The molecule has 0 unspecified atom stereocenters. The average molecular weight is 380 g/mol. The third kappa shape index (κ3) is 4.52. The molecule has 0 amide bonds. The second-order valence-corrected chi connectivity index (χ2v) is 7.61. The fourth-order valence-corrected chi connectivity index (χ4v) is 3.43. The van der Waals surface area contributed by atoms with Crippen molar-refractivity contribution < 1.29 is 4.74 Å². The quantitative estimate of drug-likeness (QED) is 0.389.